The first-order valence-corrected chi connectivity index (χ1v) is 15.6. The van der Waals surface area contributed by atoms with Gasteiger partial charge < -0.3 is 20.5 Å². The number of ketones is 1. The molecule has 4 rings (SSSR count). The monoisotopic (exact) mass is 731 g/mol. The summed E-state index contributed by atoms with van der Waals surface area (Å²) >= 11 is 2.80. The van der Waals surface area contributed by atoms with E-state index in [9.17, 15) is 14.4 Å². The van der Waals surface area contributed by atoms with Crippen molar-refractivity contribution < 1.29 is 59.6 Å². The topological polar surface area (TPSA) is 90.9 Å². The standard InChI is InChI=1S/C12H13NO2.C10H11NO.C9H12O.C4H4BrNO2.C2H6.Na.H/c1-8-7-10(15-4)5-6-11(8)12(13-3)9(2)14;1-8-6-10(12-3)5-4-9(8)7-11-2;1-7-4-5-9(10-3)6-8(7)2;5-6-3(7)1-2-4(6)8;1-2;;/h5-7,12H,1-2,4H3;4-6H,7H2,1,3H3;4-6H,1-3H3;1-2H2;1-2H3;;/q;;;;;+1;-1. The molecule has 1 aliphatic rings. The average Bonchev–Trinajstić information content (AvgIpc) is 3.36. The molecule has 0 bridgehead atoms. The summed E-state index contributed by atoms with van der Waals surface area (Å²) in [6.45, 7) is 27.7. The number of halogens is 1. The van der Waals surface area contributed by atoms with Gasteiger partial charge in [0.1, 0.15) is 17.2 Å². The number of carbonyl (C=O) groups excluding carboxylic acids is 3. The minimum Gasteiger partial charge on any atom is -1.00 e. The van der Waals surface area contributed by atoms with E-state index < -0.39 is 6.04 Å². The van der Waals surface area contributed by atoms with Crippen LogP contribution in [0.15, 0.2) is 54.6 Å². The molecular weight excluding hydrogens is 685 g/mol. The number of rotatable bonds is 6. The predicted molar refractivity (Wildman–Crippen MR) is 191 cm³/mol. The van der Waals surface area contributed by atoms with Gasteiger partial charge in [-0.25, -0.2) is 17.1 Å². The van der Waals surface area contributed by atoms with Crippen LogP contribution in [0.4, 0.5) is 0 Å². The first kappa shape index (κ1) is 46.4. The number of amides is 2. The average molecular weight is 733 g/mol. The van der Waals surface area contributed by atoms with Crippen LogP contribution in [0.25, 0.3) is 9.69 Å². The number of imide groups is 1. The summed E-state index contributed by atoms with van der Waals surface area (Å²) in [4.78, 5) is 38.8. The Hall–Kier alpha value is -3.67. The van der Waals surface area contributed by atoms with Crippen molar-refractivity contribution in [3.05, 3.63) is 111 Å². The van der Waals surface area contributed by atoms with Gasteiger partial charge in [0, 0.05) is 30.9 Å². The predicted octanol–water partition coefficient (Wildman–Crippen LogP) is 5.88. The van der Waals surface area contributed by atoms with Crippen LogP contribution in [0, 0.1) is 40.8 Å². The number of carbonyl (C=O) groups is 3. The molecule has 0 spiro atoms. The summed E-state index contributed by atoms with van der Waals surface area (Å²) in [5.41, 5.74) is 6.44. The number of aryl methyl sites for hydroxylation is 4. The zero-order valence-corrected chi connectivity index (χ0v) is 33.6. The second-order valence-corrected chi connectivity index (χ2v) is 10.7. The maximum atomic E-state index is 11.2. The van der Waals surface area contributed by atoms with Crippen molar-refractivity contribution in [3.8, 4) is 17.2 Å². The number of nitrogens with zero attached hydrogens (tertiary/aromatic N) is 3. The van der Waals surface area contributed by atoms with Gasteiger partial charge in [-0.3, -0.25) is 19.2 Å². The molecule has 0 radical (unpaired) electrons. The van der Waals surface area contributed by atoms with Crippen LogP contribution in [0.2, 0.25) is 0 Å². The number of hydrogen-bond acceptors (Lipinski definition) is 6. The van der Waals surface area contributed by atoms with Gasteiger partial charge in [-0.15, -0.1) is 0 Å². The number of methoxy groups -OCH3 is 3. The molecular formula is C37H47BrN3NaO6. The third kappa shape index (κ3) is 16.0. The van der Waals surface area contributed by atoms with Crippen LogP contribution in [0.3, 0.4) is 0 Å². The molecule has 1 aliphatic heterocycles. The molecule has 0 aliphatic carbocycles. The van der Waals surface area contributed by atoms with Gasteiger partial charge in [-0.05, 0) is 98.5 Å². The fourth-order valence-corrected chi connectivity index (χ4v) is 4.26. The third-order valence-corrected chi connectivity index (χ3v) is 7.58. The first-order chi connectivity index (χ1) is 22.3. The molecule has 3 aromatic carbocycles. The Bertz CT molecular complexity index is 1560. The third-order valence-electron chi connectivity index (χ3n) is 6.79. The number of hydrogen-bond donors (Lipinski definition) is 0. The summed E-state index contributed by atoms with van der Waals surface area (Å²) < 4.78 is 16.1. The van der Waals surface area contributed by atoms with E-state index in [0.717, 1.165) is 43.4 Å². The van der Waals surface area contributed by atoms with E-state index in [-0.39, 0.29) is 48.6 Å². The zero-order valence-electron chi connectivity index (χ0n) is 31.1. The molecule has 1 saturated heterocycles. The van der Waals surface area contributed by atoms with E-state index in [2.05, 4.69) is 45.8 Å². The Kier molecular flexibility index (Phi) is 24.5. The molecule has 0 N–H and O–H groups in total. The number of benzene rings is 3. The van der Waals surface area contributed by atoms with Crippen molar-refractivity contribution >= 4 is 33.7 Å². The van der Waals surface area contributed by atoms with Crippen molar-refractivity contribution in [1.82, 2.24) is 3.93 Å². The number of Topliss-reactive ketones (excluding diaryl/α,β-unsaturated/α-hetero) is 1. The van der Waals surface area contributed by atoms with Crippen molar-refractivity contribution in [3.63, 3.8) is 0 Å². The molecule has 48 heavy (non-hydrogen) atoms. The van der Waals surface area contributed by atoms with Crippen LogP contribution in [0.5, 0.6) is 17.2 Å². The minimum absolute atomic E-state index is 0. The van der Waals surface area contributed by atoms with Gasteiger partial charge in [0.25, 0.3) is 0 Å². The largest absolute Gasteiger partial charge is 1.00 e. The second kappa shape index (κ2) is 25.4. The maximum Gasteiger partial charge on any atom is 1.00 e. The maximum absolute atomic E-state index is 11.2. The molecule has 1 atom stereocenters. The van der Waals surface area contributed by atoms with Crippen molar-refractivity contribution in [2.45, 2.75) is 73.9 Å². The fourth-order valence-electron chi connectivity index (χ4n) is 3.91. The Morgan fingerprint density at radius 2 is 1.23 bits per heavy atom. The summed E-state index contributed by atoms with van der Waals surface area (Å²) in [7, 11) is 4.92. The zero-order chi connectivity index (χ0) is 36.1. The van der Waals surface area contributed by atoms with E-state index >= 15 is 0 Å². The minimum atomic E-state index is -0.684. The Morgan fingerprint density at radius 3 is 1.56 bits per heavy atom. The van der Waals surface area contributed by atoms with Gasteiger partial charge in [0.05, 0.1) is 37.5 Å². The summed E-state index contributed by atoms with van der Waals surface area (Å²) in [5, 5.41) is 0. The molecule has 11 heteroatoms. The first-order valence-electron chi connectivity index (χ1n) is 14.9. The molecule has 3 aromatic rings. The van der Waals surface area contributed by atoms with Crippen LogP contribution in [-0.2, 0) is 20.9 Å². The van der Waals surface area contributed by atoms with E-state index in [1.807, 2.05) is 64.1 Å². The normalized spacial score (nSPS) is 11.4. The summed E-state index contributed by atoms with van der Waals surface area (Å²) in [6.07, 6.45) is 0.703. The van der Waals surface area contributed by atoms with Crippen LogP contribution < -0.4 is 43.8 Å². The van der Waals surface area contributed by atoms with Gasteiger partial charge >= 0.3 is 35.6 Å². The van der Waals surface area contributed by atoms with Gasteiger partial charge in [-0.1, -0.05) is 19.9 Å². The fraction of sp³-hybridized carbons (Fsp3) is 0.378. The van der Waals surface area contributed by atoms with E-state index in [1.165, 1.54) is 18.1 Å². The van der Waals surface area contributed by atoms with E-state index in [0.29, 0.717) is 19.4 Å². The molecule has 0 aromatic heterocycles. The van der Waals surface area contributed by atoms with Crippen LogP contribution in [0.1, 0.15) is 74.5 Å². The molecule has 9 nitrogen and oxygen atoms in total. The Morgan fingerprint density at radius 1 is 0.792 bits per heavy atom. The summed E-state index contributed by atoms with van der Waals surface area (Å²) in [6, 6.07) is 16.5. The van der Waals surface area contributed by atoms with E-state index in [4.69, 9.17) is 27.4 Å². The smallest absolute Gasteiger partial charge is 1.00 e. The molecule has 254 valence electrons. The molecule has 2 amide bonds. The second-order valence-electron chi connectivity index (χ2n) is 9.99. The van der Waals surface area contributed by atoms with Crippen LogP contribution >= 0.6 is 16.1 Å². The van der Waals surface area contributed by atoms with Crippen molar-refractivity contribution in [1.29, 1.82) is 0 Å². The van der Waals surface area contributed by atoms with Gasteiger partial charge in [0.15, 0.2) is 0 Å². The SMILES string of the molecule is CC.COc1ccc(C)c(C)c1.O=C1CCC(=O)N1Br.[C-]#[N+]C(C(C)=O)c1ccc(OC)cc1C.[C-]#[N+]Cc1ccc(OC)cc1C.[H-].[Na+]. The van der Waals surface area contributed by atoms with Crippen molar-refractivity contribution in [2.75, 3.05) is 21.3 Å². The van der Waals surface area contributed by atoms with Crippen molar-refractivity contribution in [2.24, 2.45) is 0 Å². The Labute approximate surface area is 318 Å². The van der Waals surface area contributed by atoms with E-state index in [1.54, 1.807) is 33.5 Å². The van der Waals surface area contributed by atoms with Gasteiger partial charge in [0.2, 0.25) is 24.1 Å². The Balaban J connectivity index is -0.000000570. The molecule has 1 fully saturated rings. The quantitative estimate of drug-likeness (QED) is 0.136. The molecule has 1 unspecified atom stereocenters. The number of ether oxygens (including phenoxy) is 3. The molecule has 0 saturated carbocycles. The van der Waals surface area contributed by atoms with Crippen LogP contribution in [-0.4, -0.2) is 42.9 Å². The molecule has 1 heterocycles. The van der Waals surface area contributed by atoms with Gasteiger partial charge in [-0.2, -0.15) is 0 Å². The summed E-state index contributed by atoms with van der Waals surface area (Å²) in [5.74, 6) is 2.11.